The topological polar surface area (TPSA) is 73.9 Å². The number of carbonyl (C=O) groups excluding carboxylic acids is 1. The fourth-order valence-corrected chi connectivity index (χ4v) is 2.22. The van der Waals surface area contributed by atoms with Gasteiger partial charge >= 0.3 is 0 Å². The number of hydrogen-bond acceptors (Lipinski definition) is 5. The molecule has 0 spiro atoms. The Morgan fingerprint density at radius 1 is 1.45 bits per heavy atom. The van der Waals surface area contributed by atoms with E-state index in [-0.39, 0.29) is 11.7 Å². The van der Waals surface area contributed by atoms with Gasteiger partial charge in [0, 0.05) is 25.5 Å². The summed E-state index contributed by atoms with van der Waals surface area (Å²) < 4.78 is 0. The lowest BCUT2D eigenvalue weighted by Crippen LogP contribution is -2.15. The van der Waals surface area contributed by atoms with Crippen LogP contribution in [-0.2, 0) is 4.79 Å². The molecular weight excluding hydrogens is 274 g/mol. The lowest BCUT2D eigenvalue weighted by atomic mass is 10.2. The Hall–Kier alpha value is -2.02. The Kier molecular flexibility index (Phi) is 4.62. The minimum absolute atomic E-state index is 0.0756. The van der Waals surface area contributed by atoms with E-state index in [1.165, 1.54) is 11.8 Å². The first-order chi connectivity index (χ1) is 9.54. The summed E-state index contributed by atoms with van der Waals surface area (Å²) in [5.74, 6) is 0.948. The summed E-state index contributed by atoms with van der Waals surface area (Å²) in [6.45, 7) is 1.82. The summed E-state index contributed by atoms with van der Waals surface area (Å²) >= 11 is 1.30. The van der Waals surface area contributed by atoms with Crippen LogP contribution in [0.25, 0.3) is 0 Å². The number of aromatic amines is 1. The fourth-order valence-electron chi connectivity index (χ4n) is 1.58. The molecule has 0 aliphatic heterocycles. The summed E-state index contributed by atoms with van der Waals surface area (Å²) in [5, 5.41) is 10.2. The van der Waals surface area contributed by atoms with Crippen LogP contribution in [0, 0.1) is 6.92 Å². The molecule has 106 valence electrons. The molecule has 0 atom stereocenters. The molecule has 1 heterocycles. The van der Waals surface area contributed by atoms with Crippen molar-refractivity contribution in [3.63, 3.8) is 0 Å². The molecule has 0 unspecified atom stereocenters. The molecule has 0 bridgehead atoms. The maximum absolute atomic E-state index is 11.9. The highest BCUT2D eigenvalue weighted by atomic mass is 32.2. The monoisotopic (exact) mass is 291 g/mol. The molecule has 7 heteroatoms. The van der Waals surface area contributed by atoms with Gasteiger partial charge in [0.05, 0.1) is 5.75 Å². The standard InChI is InChI=1S/C13H17N5OS/c1-9-14-13(17-16-9)20-8-12(19)15-10-5-4-6-11(7-10)18(2)3/h4-7H,8H2,1-3H3,(H,15,19)(H,14,16,17). The van der Waals surface area contributed by atoms with E-state index in [1.54, 1.807) is 0 Å². The smallest absolute Gasteiger partial charge is 0.234 e. The van der Waals surface area contributed by atoms with Crippen LogP contribution >= 0.6 is 11.8 Å². The molecule has 20 heavy (non-hydrogen) atoms. The molecule has 1 amide bonds. The molecule has 0 radical (unpaired) electrons. The highest BCUT2D eigenvalue weighted by molar-refractivity contribution is 7.99. The summed E-state index contributed by atoms with van der Waals surface area (Å²) in [6, 6.07) is 7.70. The van der Waals surface area contributed by atoms with Gasteiger partial charge in [-0.25, -0.2) is 4.98 Å². The molecule has 0 fully saturated rings. The van der Waals surface area contributed by atoms with Crippen LogP contribution in [0.4, 0.5) is 11.4 Å². The fraction of sp³-hybridized carbons (Fsp3) is 0.308. The molecule has 1 aromatic heterocycles. The van der Waals surface area contributed by atoms with E-state index in [1.807, 2.05) is 50.2 Å². The van der Waals surface area contributed by atoms with E-state index in [0.29, 0.717) is 5.16 Å². The maximum Gasteiger partial charge on any atom is 0.234 e. The Labute approximate surface area is 122 Å². The third-order valence-electron chi connectivity index (χ3n) is 2.56. The average Bonchev–Trinajstić information content (AvgIpc) is 2.82. The number of hydrogen-bond donors (Lipinski definition) is 2. The van der Waals surface area contributed by atoms with Gasteiger partial charge in [-0.15, -0.1) is 5.10 Å². The van der Waals surface area contributed by atoms with Gasteiger partial charge in [-0.05, 0) is 25.1 Å². The molecule has 2 N–H and O–H groups in total. The van der Waals surface area contributed by atoms with Crippen molar-refractivity contribution in [2.45, 2.75) is 12.1 Å². The number of aromatic nitrogens is 3. The third kappa shape index (κ3) is 3.99. The molecule has 0 saturated heterocycles. The molecule has 0 aliphatic rings. The number of amides is 1. The van der Waals surface area contributed by atoms with Crippen LogP contribution in [0.1, 0.15) is 5.82 Å². The number of rotatable bonds is 5. The summed E-state index contributed by atoms with van der Waals surface area (Å²) in [4.78, 5) is 18.0. The van der Waals surface area contributed by atoms with Crippen molar-refractivity contribution in [1.29, 1.82) is 0 Å². The Bertz CT molecular complexity index is 596. The molecule has 0 saturated carbocycles. The van der Waals surface area contributed by atoms with Crippen LogP contribution in [0.5, 0.6) is 0 Å². The minimum atomic E-state index is -0.0756. The first-order valence-electron chi connectivity index (χ1n) is 6.13. The van der Waals surface area contributed by atoms with Gasteiger partial charge in [-0.2, -0.15) is 0 Å². The second-order valence-electron chi connectivity index (χ2n) is 4.49. The molecule has 6 nitrogen and oxygen atoms in total. The van der Waals surface area contributed by atoms with Gasteiger partial charge in [0.2, 0.25) is 11.1 Å². The number of H-pyrrole nitrogens is 1. The molecular formula is C13H17N5OS. The number of anilines is 2. The van der Waals surface area contributed by atoms with Gasteiger partial charge in [0.15, 0.2) is 0 Å². The van der Waals surface area contributed by atoms with Gasteiger partial charge in [-0.3, -0.25) is 9.89 Å². The van der Waals surface area contributed by atoms with Gasteiger partial charge < -0.3 is 10.2 Å². The third-order valence-corrected chi connectivity index (χ3v) is 3.40. The largest absolute Gasteiger partial charge is 0.378 e. The van der Waals surface area contributed by atoms with E-state index in [9.17, 15) is 4.79 Å². The zero-order chi connectivity index (χ0) is 14.5. The Morgan fingerprint density at radius 2 is 2.25 bits per heavy atom. The van der Waals surface area contributed by atoms with Crippen LogP contribution < -0.4 is 10.2 Å². The van der Waals surface area contributed by atoms with E-state index >= 15 is 0 Å². The second kappa shape index (κ2) is 6.42. The maximum atomic E-state index is 11.9. The summed E-state index contributed by atoms with van der Waals surface area (Å²) in [6.07, 6.45) is 0. The quantitative estimate of drug-likeness (QED) is 0.823. The van der Waals surface area contributed by atoms with E-state index in [2.05, 4.69) is 20.5 Å². The number of aryl methyl sites for hydroxylation is 1. The first-order valence-corrected chi connectivity index (χ1v) is 7.12. The Morgan fingerprint density at radius 3 is 2.90 bits per heavy atom. The van der Waals surface area contributed by atoms with E-state index < -0.39 is 0 Å². The van der Waals surface area contributed by atoms with Crippen LogP contribution in [0.2, 0.25) is 0 Å². The average molecular weight is 291 g/mol. The first kappa shape index (κ1) is 14.4. The van der Waals surface area contributed by atoms with E-state index in [0.717, 1.165) is 17.2 Å². The van der Waals surface area contributed by atoms with Crippen molar-refractivity contribution in [2.75, 3.05) is 30.1 Å². The predicted octanol–water partition coefficient (Wildman–Crippen LogP) is 1.91. The lowest BCUT2D eigenvalue weighted by Gasteiger charge is -2.13. The number of carbonyl (C=O) groups is 1. The van der Waals surface area contributed by atoms with Gasteiger partial charge in [0.25, 0.3) is 0 Å². The number of nitrogens with one attached hydrogen (secondary N) is 2. The van der Waals surface area contributed by atoms with Gasteiger partial charge in [-0.1, -0.05) is 17.8 Å². The normalized spacial score (nSPS) is 10.3. The van der Waals surface area contributed by atoms with Crippen LogP contribution in [0.15, 0.2) is 29.4 Å². The zero-order valence-corrected chi connectivity index (χ0v) is 12.5. The van der Waals surface area contributed by atoms with Crippen molar-refractivity contribution in [3.8, 4) is 0 Å². The highest BCUT2D eigenvalue weighted by Crippen LogP contribution is 2.18. The number of benzene rings is 1. The van der Waals surface area contributed by atoms with Crippen molar-refractivity contribution in [1.82, 2.24) is 15.2 Å². The predicted molar refractivity (Wildman–Crippen MR) is 81.2 cm³/mol. The molecule has 0 aliphatic carbocycles. The van der Waals surface area contributed by atoms with Crippen molar-refractivity contribution >= 4 is 29.0 Å². The van der Waals surface area contributed by atoms with Crippen LogP contribution in [-0.4, -0.2) is 40.9 Å². The van der Waals surface area contributed by atoms with Gasteiger partial charge in [0.1, 0.15) is 5.82 Å². The van der Waals surface area contributed by atoms with E-state index in [4.69, 9.17) is 0 Å². The van der Waals surface area contributed by atoms with Crippen LogP contribution in [0.3, 0.4) is 0 Å². The Balaban J connectivity index is 1.89. The van der Waals surface area contributed by atoms with Crippen molar-refractivity contribution in [3.05, 3.63) is 30.1 Å². The van der Waals surface area contributed by atoms with Crippen molar-refractivity contribution < 1.29 is 4.79 Å². The lowest BCUT2D eigenvalue weighted by molar-refractivity contribution is -0.113. The number of thioether (sulfide) groups is 1. The second-order valence-corrected chi connectivity index (χ2v) is 5.43. The zero-order valence-electron chi connectivity index (χ0n) is 11.7. The molecule has 2 rings (SSSR count). The summed E-state index contributed by atoms with van der Waals surface area (Å²) in [7, 11) is 3.92. The minimum Gasteiger partial charge on any atom is -0.378 e. The molecule has 2 aromatic rings. The van der Waals surface area contributed by atoms with Crippen molar-refractivity contribution in [2.24, 2.45) is 0 Å². The number of nitrogens with zero attached hydrogens (tertiary/aromatic N) is 3. The molecule has 1 aromatic carbocycles. The SMILES string of the molecule is Cc1nc(SCC(=O)Nc2cccc(N(C)C)c2)n[nH]1. The highest BCUT2D eigenvalue weighted by Gasteiger charge is 2.07. The summed E-state index contributed by atoms with van der Waals surface area (Å²) in [5.41, 5.74) is 1.83.